The Morgan fingerprint density at radius 1 is 1.46 bits per heavy atom. The van der Waals surface area contributed by atoms with E-state index in [1.54, 1.807) is 0 Å². The Kier molecular flexibility index (Phi) is 4.89. The number of hydrogen-bond donors (Lipinski definition) is 3. The molecule has 0 saturated heterocycles. The lowest BCUT2D eigenvalue weighted by atomic mass is 10.2. The molecule has 1 aliphatic rings. The van der Waals surface area contributed by atoms with Gasteiger partial charge in [0.2, 0.25) is 0 Å². The largest absolute Gasteiger partial charge is 0.394 e. The van der Waals surface area contributed by atoms with Crippen LogP contribution in [0.5, 0.6) is 0 Å². The van der Waals surface area contributed by atoms with Crippen LogP contribution in [0.3, 0.4) is 0 Å². The number of amidine groups is 1. The Morgan fingerprint density at radius 3 is 2.08 bits per heavy atom. The van der Waals surface area contributed by atoms with E-state index in [4.69, 9.17) is 17.5 Å². The molecule has 0 fully saturated rings. The van der Waals surface area contributed by atoms with Crippen molar-refractivity contribution in [2.75, 3.05) is 13.1 Å². The molecule has 0 atom stereocenters. The predicted molar refractivity (Wildman–Crippen MR) is 49.3 cm³/mol. The Hall–Kier alpha value is -0.660. The van der Waals surface area contributed by atoms with Gasteiger partial charge in [0.05, 0.1) is 12.4 Å². The molecule has 6 nitrogen and oxygen atoms in total. The second kappa shape index (κ2) is 5.15. The van der Waals surface area contributed by atoms with Crippen LogP contribution >= 0.6 is 0 Å². The third-order valence-corrected chi connectivity index (χ3v) is 1.25. The molecule has 3 N–H and O–H groups in total. The van der Waals surface area contributed by atoms with E-state index in [2.05, 4.69) is 24.2 Å². The van der Waals surface area contributed by atoms with Gasteiger partial charge in [-0.3, -0.25) is 14.1 Å². The number of rotatable bonds is 1. The monoisotopic (exact) mass is 210 g/mol. The van der Waals surface area contributed by atoms with E-state index in [1.165, 1.54) is 5.84 Å². The van der Waals surface area contributed by atoms with E-state index in [-0.39, 0.29) is 0 Å². The molecule has 0 aromatic carbocycles. The fraction of sp³-hybridized carbons (Fsp3) is 0.833. The van der Waals surface area contributed by atoms with Gasteiger partial charge in [0.15, 0.2) is 0 Å². The lowest BCUT2D eigenvalue weighted by Crippen LogP contribution is -2.23. The van der Waals surface area contributed by atoms with Crippen molar-refractivity contribution in [1.29, 1.82) is 0 Å². The van der Waals surface area contributed by atoms with Crippen LogP contribution in [0.1, 0.15) is 13.8 Å². The average Bonchev–Trinajstić information content (AvgIpc) is 2.31. The first kappa shape index (κ1) is 12.3. The highest BCUT2D eigenvalue weighted by Crippen LogP contribution is 1.97. The molecule has 0 saturated carbocycles. The molecule has 0 aromatic rings. The minimum absolute atomic E-state index is 0.581. The lowest BCUT2D eigenvalue weighted by Gasteiger charge is -2.02. The molecule has 78 valence electrons. The van der Waals surface area contributed by atoms with E-state index in [0.29, 0.717) is 5.92 Å². The van der Waals surface area contributed by atoms with E-state index < -0.39 is 10.4 Å². The highest BCUT2D eigenvalue weighted by atomic mass is 32.3. The Morgan fingerprint density at radius 2 is 1.92 bits per heavy atom. The maximum atomic E-state index is 8.74. The number of hydrogen-bond acceptors (Lipinski definition) is 4. The Balaban J connectivity index is 0.000000252. The quantitative estimate of drug-likeness (QED) is 0.529. The molecule has 0 aromatic heterocycles. The van der Waals surface area contributed by atoms with E-state index >= 15 is 0 Å². The molecule has 0 aliphatic carbocycles. The topological polar surface area (TPSA) is 99.0 Å². The molecule has 0 spiro atoms. The smallest absolute Gasteiger partial charge is 0.372 e. The van der Waals surface area contributed by atoms with Crippen molar-refractivity contribution in [2.24, 2.45) is 10.9 Å². The first-order chi connectivity index (χ1) is 5.80. The predicted octanol–water partition coefficient (Wildman–Crippen LogP) is -0.00870. The molecule has 13 heavy (non-hydrogen) atoms. The number of nitrogens with zero attached hydrogens (tertiary/aromatic N) is 1. The van der Waals surface area contributed by atoms with Gasteiger partial charge in [-0.25, -0.2) is 0 Å². The van der Waals surface area contributed by atoms with Gasteiger partial charge in [-0.2, -0.15) is 8.42 Å². The molecular formula is C6H14N2O4S. The third kappa shape index (κ3) is 9.25. The molecule has 7 heteroatoms. The van der Waals surface area contributed by atoms with Crippen LogP contribution in [0.4, 0.5) is 0 Å². The Bertz CT molecular complexity index is 262. The van der Waals surface area contributed by atoms with Crippen molar-refractivity contribution in [1.82, 2.24) is 5.32 Å². The van der Waals surface area contributed by atoms with Gasteiger partial charge in [-0.1, -0.05) is 13.8 Å². The van der Waals surface area contributed by atoms with Crippen molar-refractivity contribution in [3.8, 4) is 0 Å². The summed E-state index contributed by atoms with van der Waals surface area (Å²) in [5, 5.41) is 3.21. The standard InChI is InChI=1S/C6H12N2.H2O4S/c1-5(2)6-7-3-4-8-6;1-5(2,3)4/h5H,3-4H2,1-2H3,(H,7,8);(H2,1,2,3,4). The summed E-state index contributed by atoms with van der Waals surface area (Å²) in [6, 6.07) is 0. The first-order valence-corrected chi connectivity index (χ1v) is 5.18. The summed E-state index contributed by atoms with van der Waals surface area (Å²) in [4.78, 5) is 4.24. The number of aliphatic imine (C=N–C) groups is 1. The summed E-state index contributed by atoms with van der Waals surface area (Å²) in [7, 11) is -4.67. The van der Waals surface area contributed by atoms with Gasteiger partial charge in [0.25, 0.3) is 0 Å². The van der Waals surface area contributed by atoms with Gasteiger partial charge in [0, 0.05) is 12.5 Å². The van der Waals surface area contributed by atoms with Gasteiger partial charge in [-0.15, -0.1) is 0 Å². The van der Waals surface area contributed by atoms with Gasteiger partial charge < -0.3 is 5.32 Å². The van der Waals surface area contributed by atoms with Crippen LogP contribution in [0, 0.1) is 5.92 Å². The summed E-state index contributed by atoms with van der Waals surface area (Å²) in [6.45, 7) is 6.30. The van der Waals surface area contributed by atoms with Crippen molar-refractivity contribution < 1.29 is 17.5 Å². The van der Waals surface area contributed by atoms with Crippen LogP contribution in [0.25, 0.3) is 0 Å². The molecule has 0 radical (unpaired) electrons. The van der Waals surface area contributed by atoms with Crippen LogP contribution in [0.2, 0.25) is 0 Å². The average molecular weight is 210 g/mol. The minimum Gasteiger partial charge on any atom is -0.372 e. The summed E-state index contributed by atoms with van der Waals surface area (Å²) < 4.78 is 31.6. The highest BCUT2D eigenvalue weighted by Gasteiger charge is 2.06. The van der Waals surface area contributed by atoms with Gasteiger partial charge >= 0.3 is 10.4 Å². The molecule has 1 heterocycles. The van der Waals surface area contributed by atoms with Crippen LogP contribution in [-0.4, -0.2) is 36.4 Å². The van der Waals surface area contributed by atoms with Crippen LogP contribution < -0.4 is 5.32 Å². The molecule has 1 aliphatic heterocycles. The van der Waals surface area contributed by atoms with E-state index in [0.717, 1.165) is 13.1 Å². The highest BCUT2D eigenvalue weighted by molar-refractivity contribution is 7.79. The molecular weight excluding hydrogens is 196 g/mol. The summed E-state index contributed by atoms with van der Waals surface area (Å²) in [6.07, 6.45) is 0. The zero-order valence-corrected chi connectivity index (χ0v) is 8.37. The zero-order chi connectivity index (χ0) is 10.5. The van der Waals surface area contributed by atoms with Crippen LogP contribution in [0.15, 0.2) is 4.99 Å². The first-order valence-electron chi connectivity index (χ1n) is 3.79. The fourth-order valence-electron chi connectivity index (χ4n) is 0.803. The van der Waals surface area contributed by atoms with Gasteiger partial charge in [0.1, 0.15) is 0 Å². The van der Waals surface area contributed by atoms with Crippen LogP contribution in [-0.2, 0) is 10.4 Å². The summed E-state index contributed by atoms with van der Waals surface area (Å²) in [5.41, 5.74) is 0. The minimum atomic E-state index is -4.67. The second-order valence-electron chi connectivity index (χ2n) is 2.80. The number of nitrogens with one attached hydrogen (secondary N) is 1. The van der Waals surface area contributed by atoms with Crippen molar-refractivity contribution >= 4 is 16.2 Å². The zero-order valence-electron chi connectivity index (χ0n) is 7.56. The van der Waals surface area contributed by atoms with E-state index in [9.17, 15) is 0 Å². The summed E-state index contributed by atoms with van der Waals surface area (Å²) in [5.74, 6) is 1.75. The molecule has 0 bridgehead atoms. The lowest BCUT2D eigenvalue weighted by molar-refractivity contribution is 0.381. The maximum absolute atomic E-state index is 8.74. The molecule has 0 amide bonds. The van der Waals surface area contributed by atoms with E-state index in [1.807, 2.05) is 0 Å². The molecule has 1 rings (SSSR count). The fourth-order valence-corrected chi connectivity index (χ4v) is 0.803. The van der Waals surface area contributed by atoms with Crippen molar-refractivity contribution in [3.63, 3.8) is 0 Å². The van der Waals surface area contributed by atoms with Gasteiger partial charge in [-0.05, 0) is 0 Å². The third-order valence-electron chi connectivity index (χ3n) is 1.25. The maximum Gasteiger partial charge on any atom is 0.394 e. The normalized spacial score (nSPS) is 15.9. The van der Waals surface area contributed by atoms with Crippen molar-refractivity contribution in [2.45, 2.75) is 13.8 Å². The second-order valence-corrected chi connectivity index (χ2v) is 3.69. The Labute approximate surface area is 77.6 Å². The summed E-state index contributed by atoms with van der Waals surface area (Å²) >= 11 is 0. The SMILES string of the molecule is CC(C)C1=NCCN1.O=S(=O)(O)O. The van der Waals surface area contributed by atoms with Crippen molar-refractivity contribution in [3.05, 3.63) is 0 Å². The molecule has 0 unspecified atom stereocenters.